The Labute approximate surface area is 174 Å². The molecule has 0 saturated heterocycles. The number of nitrogens with one attached hydrogen (secondary N) is 3. The zero-order valence-electron chi connectivity index (χ0n) is 16.7. The Balaban J connectivity index is 1.80. The van der Waals surface area contributed by atoms with Crippen LogP contribution in [0.15, 0.2) is 66.9 Å². The fourth-order valence-corrected chi connectivity index (χ4v) is 3.06. The molecule has 6 nitrogen and oxygen atoms in total. The number of rotatable bonds is 4. The molecule has 0 saturated carbocycles. The molecule has 1 atom stereocenters. The summed E-state index contributed by atoms with van der Waals surface area (Å²) >= 11 is 0. The highest BCUT2D eigenvalue weighted by atomic mass is 16.2. The minimum atomic E-state index is -0.329. The summed E-state index contributed by atoms with van der Waals surface area (Å²) in [7, 11) is 1.74. The van der Waals surface area contributed by atoms with Gasteiger partial charge < -0.3 is 10.6 Å². The lowest BCUT2D eigenvalue weighted by molar-refractivity contribution is -0.117. The minimum Gasteiger partial charge on any atom is -0.309 e. The van der Waals surface area contributed by atoms with Gasteiger partial charge in [-0.2, -0.15) is 5.10 Å². The van der Waals surface area contributed by atoms with Crippen LogP contribution in [0.5, 0.6) is 0 Å². The van der Waals surface area contributed by atoms with Crippen molar-refractivity contribution >= 4 is 22.6 Å². The summed E-state index contributed by atoms with van der Waals surface area (Å²) in [5.74, 6) is 6.65. The number of nitrogens with zero attached hydrogens (tertiary/aromatic N) is 2. The fourth-order valence-electron chi connectivity index (χ4n) is 3.06. The lowest BCUT2D eigenvalue weighted by Gasteiger charge is -2.12. The number of hydrogen-bond donors (Lipinski definition) is 3. The van der Waals surface area contributed by atoms with Crippen molar-refractivity contribution in [2.75, 3.05) is 12.4 Å². The van der Waals surface area contributed by atoms with Crippen LogP contribution >= 0.6 is 0 Å². The second-order valence-electron chi connectivity index (χ2n) is 6.85. The molecule has 30 heavy (non-hydrogen) atoms. The molecule has 0 bridgehead atoms. The van der Waals surface area contributed by atoms with E-state index in [1.807, 2.05) is 54.6 Å². The number of amides is 1. The van der Waals surface area contributed by atoms with Gasteiger partial charge >= 0.3 is 0 Å². The highest BCUT2D eigenvalue weighted by Gasteiger charge is 2.14. The fraction of sp³-hybridized carbons (Fsp3) is 0.125. The summed E-state index contributed by atoms with van der Waals surface area (Å²) in [6.45, 7) is 1.79. The van der Waals surface area contributed by atoms with E-state index >= 15 is 0 Å². The van der Waals surface area contributed by atoms with Crippen molar-refractivity contribution in [1.82, 2.24) is 20.5 Å². The van der Waals surface area contributed by atoms with E-state index in [2.05, 4.69) is 37.7 Å². The first-order valence-electron chi connectivity index (χ1n) is 9.64. The molecular formula is C24H21N5O. The van der Waals surface area contributed by atoms with E-state index in [1.165, 1.54) is 0 Å². The van der Waals surface area contributed by atoms with E-state index in [1.54, 1.807) is 26.2 Å². The van der Waals surface area contributed by atoms with Gasteiger partial charge in [-0.05, 0) is 55.8 Å². The SMILES string of the molecule is CNC(C)C(=O)Nc1ccc(-c2cccc3[nH]ncc23)c(C#Cc2ccccc2)n1. The molecular weight excluding hydrogens is 374 g/mol. The summed E-state index contributed by atoms with van der Waals surface area (Å²) in [4.78, 5) is 16.9. The van der Waals surface area contributed by atoms with Crippen LogP contribution in [0.4, 0.5) is 5.82 Å². The van der Waals surface area contributed by atoms with E-state index in [4.69, 9.17) is 0 Å². The third-order valence-corrected chi connectivity index (χ3v) is 4.85. The minimum absolute atomic E-state index is 0.156. The Morgan fingerprint density at radius 3 is 2.63 bits per heavy atom. The van der Waals surface area contributed by atoms with Gasteiger partial charge in [0.25, 0.3) is 0 Å². The van der Waals surface area contributed by atoms with Crippen LogP contribution in [-0.4, -0.2) is 34.2 Å². The van der Waals surface area contributed by atoms with Crippen LogP contribution in [-0.2, 0) is 4.79 Å². The summed E-state index contributed by atoms with van der Waals surface area (Å²) in [5.41, 5.74) is 4.28. The van der Waals surface area contributed by atoms with Crippen LogP contribution in [0.2, 0.25) is 0 Å². The number of carbonyl (C=O) groups is 1. The van der Waals surface area contributed by atoms with Gasteiger partial charge in [0.05, 0.1) is 17.8 Å². The molecule has 6 heteroatoms. The lowest BCUT2D eigenvalue weighted by atomic mass is 10.00. The second-order valence-corrected chi connectivity index (χ2v) is 6.85. The Hall–Kier alpha value is -3.95. The van der Waals surface area contributed by atoms with Gasteiger partial charge in [-0.1, -0.05) is 36.3 Å². The zero-order chi connectivity index (χ0) is 20.9. The molecule has 148 valence electrons. The van der Waals surface area contributed by atoms with Gasteiger partial charge in [0.2, 0.25) is 5.91 Å². The number of carbonyl (C=O) groups excluding carboxylic acids is 1. The smallest absolute Gasteiger partial charge is 0.242 e. The number of likely N-dealkylation sites (N-methyl/N-ethyl adjacent to an activating group) is 1. The molecule has 0 radical (unpaired) electrons. The molecule has 0 aliphatic carbocycles. The summed E-state index contributed by atoms with van der Waals surface area (Å²) in [6.07, 6.45) is 1.79. The summed E-state index contributed by atoms with van der Waals surface area (Å²) < 4.78 is 0. The first kappa shape index (κ1) is 19.4. The maximum Gasteiger partial charge on any atom is 0.242 e. The van der Waals surface area contributed by atoms with Gasteiger partial charge in [-0.3, -0.25) is 9.89 Å². The lowest BCUT2D eigenvalue weighted by Crippen LogP contribution is -2.35. The first-order chi connectivity index (χ1) is 14.7. The molecule has 2 aromatic heterocycles. The zero-order valence-corrected chi connectivity index (χ0v) is 16.7. The van der Waals surface area contributed by atoms with Crippen molar-refractivity contribution in [2.24, 2.45) is 0 Å². The Morgan fingerprint density at radius 2 is 1.83 bits per heavy atom. The van der Waals surface area contributed by atoms with Crippen molar-refractivity contribution in [3.63, 3.8) is 0 Å². The average Bonchev–Trinajstić information content (AvgIpc) is 3.27. The molecule has 2 aromatic carbocycles. The Morgan fingerprint density at radius 1 is 1.00 bits per heavy atom. The summed E-state index contributed by atoms with van der Waals surface area (Å²) in [6, 6.07) is 19.1. The van der Waals surface area contributed by atoms with E-state index in [0.717, 1.165) is 27.6 Å². The van der Waals surface area contributed by atoms with Crippen molar-refractivity contribution in [2.45, 2.75) is 13.0 Å². The van der Waals surface area contributed by atoms with Crippen molar-refractivity contribution in [1.29, 1.82) is 0 Å². The number of hydrogen-bond acceptors (Lipinski definition) is 4. The molecule has 0 aliphatic rings. The molecule has 4 rings (SSSR count). The Bertz CT molecular complexity index is 1250. The molecule has 0 fully saturated rings. The van der Waals surface area contributed by atoms with E-state index in [-0.39, 0.29) is 11.9 Å². The quantitative estimate of drug-likeness (QED) is 0.461. The summed E-state index contributed by atoms with van der Waals surface area (Å²) in [5, 5.41) is 13.9. The molecule has 1 unspecified atom stereocenters. The first-order valence-corrected chi connectivity index (χ1v) is 9.64. The normalized spacial score (nSPS) is 11.5. The predicted molar refractivity (Wildman–Crippen MR) is 119 cm³/mol. The van der Waals surface area contributed by atoms with Gasteiger partial charge in [0.15, 0.2) is 0 Å². The van der Waals surface area contributed by atoms with Crippen LogP contribution in [0.3, 0.4) is 0 Å². The largest absolute Gasteiger partial charge is 0.309 e. The highest BCUT2D eigenvalue weighted by Crippen LogP contribution is 2.30. The number of benzene rings is 2. The van der Waals surface area contributed by atoms with Gasteiger partial charge in [0, 0.05) is 16.5 Å². The van der Waals surface area contributed by atoms with E-state index in [9.17, 15) is 4.79 Å². The predicted octanol–water partition coefficient (Wildman–Crippen LogP) is 3.57. The molecule has 0 spiro atoms. The highest BCUT2D eigenvalue weighted by molar-refractivity contribution is 5.97. The molecule has 1 amide bonds. The number of aromatic nitrogens is 3. The van der Waals surface area contributed by atoms with Crippen molar-refractivity contribution in [3.8, 4) is 23.0 Å². The van der Waals surface area contributed by atoms with Gasteiger partial charge in [-0.15, -0.1) is 0 Å². The molecule has 0 aliphatic heterocycles. The number of anilines is 1. The van der Waals surface area contributed by atoms with Crippen LogP contribution in [0.25, 0.3) is 22.0 Å². The standard InChI is InChI=1S/C24H21N5O/c1-16(25-2)24(30)28-23-14-12-19(18-9-6-10-22-20(18)15-26-29-22)21(27-23)13-11-17-7-4-3-5-8-17/h3-10,12,14-16,25H,1-2H3,(H,26,29)(H,27,28,30). The average molecular weight is 395 g/mol. The topological polar surface area (TPSA) is 82.7 Å². The Kier molecular flexibility index (Phi) is 5.55. The maximum atomic E-state index is 12.3. The number of pyridine rings is 1. The maximum absolute atomic E-state index is 12.3. The number of aromatic amines is 1. The van der Waals surface area contributed by atoms with Crippen LogP contribution < -0.4 is 10.6 Å². The van der Waals surface area contributed by atoms with Crippen molar-refractivity contribution in [3.05, 3.63) is 78.1 Å². The van der Waals surface area contributed by atoms with E-state index < -0.39 is 0 Å². The van der Waals surface area contributed by atoms with Crippen LogP contribution in [0.1, 0.15) is 18.2 Å². The monoisotopic (exact) mass is 395 g/mol. The number of H-pyrrole nitrogens is 1. The van der Waals surface area contributed by atoms with Gasteiger partial charge in [0.1, 0.15) is 11.5 Å². The number of fused-ring (bicyclic) bond motifs is 1. The van der Waals surface area contributed by atoms with Crippen molar-refractivity contribution < 1.29 is 4.79 Å². The molecule has 4 aromatic rings. The third-order valence-electron chi connectivity index (χ3n) is 4.85. The third kappa shape index (κ3) is 4.07. The van der Waals surface area contributed by atoms with E-state index in [0.29, 0.717) is 11.5 Å². The molecule has 2 heterocycles. The van der Waals surface area contributed by atoms with Crippen LogP contribution in [0, 0.1) is 11.8 Å². The van der Waals surface area contributed by atoms with Gasteiger partial charge in [-0.25, -0.2) is 4.98 Å². The second kappa shape index (κ2) is 8.60. The molecule has 3 N–H and O–H groups in total.